The summed E-state index contributed by atoms with van der Waals surface area (Å²) in [7, 11) is 0. The number of hydrogen-bond acceptors (Lipinski definition) is 1. The molecule has 0 fully saturated rings. The van der Waals surface area contributed by atoms with Gasteiger partial charge in [-0.1, -0.05) is 133 Å². The normalized spacial score (nSPS) is 16.3. The van der Waals surface area contributed by atoms with Crippen molar-refractivity contribution in [2.75, 3.05) is 5.32 Å². The molecule has 0 aromatic heterocycles. The third-order valence-electron chi connectivity index (χ3n) is 7.49. The van der Waals surface area contributed by atoms with Gasteiger partial charge in [0.15, 0.2) is 0 Å². The van der Waals surface area contributed by atoms with E-state index in [0.29, 0.717) is 0 Å². The molecule has 1 aliphatic rings. The van der Waals surface area contributed by atoms with Crippen LogP contribution in [0.5, 0.6) is 0 Å². The van der Waals surface area contributed by atoms with Gasteiger partial charge in [-0.2, -0.15) is 0 Å². The summed E-state index contributed by atoms with van der Waals surface area (Å²) in [5.74, 6) is 0. The van der Waals surface area contributed by atoms with Crippen molar-refractivity contribution in [2.24, 2.45) is 0 Å². The van der Waals surface area contributed by atoms with E-state index in [-0.39, 0.29) is 10.8 Å². The van der Waals surface area contributed by atoms with Crippen LogP contribution in [-0.4, -0.2) is 0 Å². The molecule has 0 amide bonds. The molecule has 200 valence electrons. The molecule has 1 aliphatic carbocycles. The van der Waals surface area contributed by atoms with E-state index in [9.17, 15) is 0 Å². The molecule has 0 aliphatic heterocycles. The standard InChI is InChI=1S/C36H37N.C2H6/c1-6-13-27(14-7-2)36(28-15-9-8-10-16-28)33-18-12-11-17-31(33)32-24-23-30(25-34(32)36)37-29-21-19-26(20-22-29)35(3,4)5;1-2/h6,8-25,37H,7H2,1-5H3;1-2H3/b13-6-,27-14+;. The molecular formula is C38H43N. The second-order valence-electron chi connectivity index (χ2n) is 10.9. The number of rotatable bonds is 6. The van der Waals surface area contributed by atoms with E-state index in [1.165, 1.54) is 39.0 Å². The lowest BCUT2D eigenvalue weighted by Gasteiger charge is -2.35. The number of fused-ring (bicyclic) bond motifs is 3. The molecule has 1 heteroatoms. The maximum Gasteiger partial charge on any atom is 0.0711 e. The number of benzene rings is 4. The Balaban J connectivity index is 0.00000172. The van der Waals surface area contributed by atoms with Crippen molar-refractivity contribution in [3.63, 3.8) is 0 Å². The predicted octanol–water partition coefficient (Wildman–Crippen LogP) is 11.0. The predicted molar refractivity (Wildman–Crippen MR) is 171 cm³/mol. The van der Waals surface area contributed by atoms with Crippen LogP contribution in [0.4, 0.5) is 11.4 Å². The molecule has 1 N–H and O–H groups in total. The Labute approximate surface area is 236 Å². The van der Waals surface area contributed by atoms with Gasteiger partial charge in [-0.25, -0.2) is 0 Å². The van der Waals surface area contributed by atoms with Gasteiger partial charge >= 0.3 is 0 Å². The third-order valence-corrected chi connectivity index (χ3v) is 7.49. The summed E-state index contributed by atoms with van der Waals surface area (Å²) < 4.78 is 0. The number of nitrogens with one attached hydrogen (secondary N) is 1. The van der Waals surface area contributed by atoms with Crippen molar-refractivity contribution in [2.45, 2.75) is 65.7 Å². The fourth-order valence-corrected chi connectivity index (χ4v) is 5.80. The van der Waals surface area contributed by atoms with Crippen molar-refractivity contribution in [3.05, 3.63) is 143 Å². The number of anilines is 2. The smallest absolute Gasteiger partial charge is 0.0711 e. The van der Waals surface area contributed by atoms with Crippen molar-refractivity contribution in [3.8, 4) is 11.1 Å². The third kappa shape index (κ3) is 5.23. The van der Waals surface area contributed by atoms with E-state index in [0.717, 1.165) is 17.8 Å². The average molecular weight is 514 g/mol. The Hall–Kier alpha value is -3.84. The molecular weight excluding hydrogens is 470 g/mol. The highest BCUT2D eigenvalue weighted by Crippen LogP contribution is 2.57. The van der Waals surface area contributed by atoms with Crippen molar-refractivity contribution in [1.82, 2.24) is 0 Å². The van der Waals surface area contributed by atoms with Gasteiger partial charge in [0.05, 0.1) is 5.41 Å². The van der Waals surface area contributed by atoms with E-state index in [1.807, 2.05) is 13.8 Å². The molecule has 1 nitrogen and oxygen atoms in total. The second kappa shape index (κ2) is 11.9. The van der Waals surface area contributed by atoms with Crippen LogP contribution < -0.4 is 5.32 Å². The summed E-state index contributed by atoms with van der Waals surface area (Å²) in [6.07, 6.45) is 7.84. The quantitative estimate of drug-likeness (QED) is 0.253. The van der Waals surface area contributed by atoms with Gasteiger partial charge < -0.3 is 5.32 Å². The molecule has 1 atom stereocenters. The first-order chi connectivity index (χ1) is 18.9. The Morgan fingerprint density at radius 3 is 2.00 bits per heavy atom. The molecule has 0 bridgehead atoms. The molecule has 1 unspecified atom stereocenters. The first-order valence-corrected chi connectivity index (χ1v) is 14.4. The molecule has 0 saturated carbocycles. The van der Waals surface area contributed by atoms with E-state index >= 15 is 0 Å². The monoisotopic (exact) mass is 513 g/mol. The minimum absolute atomic E-state index is 0.141. The molecule has 39 heavy (non-hydrogen) atoms. The first kappa shape index (κ1) is 28.2. The van der Waals surface area contributed by atoms with Crippen molar-refractivity contribution < 1.29 is 0 Å². The van der Waals surface area contributed by atoms with Gasteiger partial charge in [0, 0.05) is 11.4 Å². The zero-order valence-electron chi connectivity index (χ0n) is 24.7. The van der Waals surface area contributed by atoms with Crippen LogP contribution in [0.2, 0.25) is 0 Å². The summed E-state index contributed by atoms with van der Waals surface area (Å²) in [6, 6.07) is 35.6. The van der Waals surface area contributed by atoms with Crippen LogP contribution >= 0.6 is 0 Å². The second-order valence-corrected chi connectivity index (χ2v) is 10.9. The topological polar surface area (TPSA) is 12.0 Å². The highest BCUT2D eigenvalue weighted by molar-refractivity contribution is 5.88. The van der Waals surface area contributed by atoms with Crippen molar-refractivity contribution >= 4 is 11.4 Å². The highest BCUT2D eigenvalue weighted by Gasteiger charge is 2.46. The zero-order chi connectivity index (χ0) is 28.0. The molecule has 0 saturated heterocycles. The van der Waals surface area contributed by atoms with Crippen LogP contribution in [0.15, 0.2) is 121 Å². The van der Waals surface area contributed by atoms with Gasteiger partial charge in [0.25, 0.3) is 0 Å². The molecule has 0 spiro atoms. The lowest BCUT2D eigenvalue weighted by molar-refractivity contribution is 0.590. The lowest BCUT2D eigenvalue weighted by Crippen LogP contribution is -2.29. The fraction of sp³-hybridized carbons (Fsp3) is 0.263. The first-order valence-electron chi connectivity index (χ1n) is 14.4. The van der Waals surface area contributed by atoms with Gasteiger partial charge in [0.2, 0.25) is 0 Å². The van der Waals surface area contributed by atoms with E-state index in [1.54, 1.807) is 0 Å². The lowest BCUT2D eigenvalue weighted by atomic mass is 9.66. The number of hydrogen-bond donors (Lipinski definition) is 1. The van der Waals surface area contributed by atoms with Gasteiger partial charge in [0.1, 0.15) is 0 Å². The van der Waals surface area contributed by atoms with Crippen molar-refractivity contribution in [1.29, 1.82) is 0 Å². The summed E-state index contributed by atoms with van der Waals surface area (Å²) in [4.78, 5) is 0. The van der Waals surface area contributed by atoms with Crippen LogP contribution in [0.1, 0.15) is 77.1 Å². The molecule has 0 radical (unpaired) electrons. The molecule has 0 heterocycles. The highest BCUT2D eigenvalue weighted by atomic mass is 14.9. The average Bonchev–Trinajstić information content (AvgIpc) is 3.25. The van der Waals surface area contributed by atoms with Crippen LogP contribution in [0.25, 0.3) is 11.1 Å². The van der Waals surface area contributed by atoms with Crippen LogP contribution in [0, 0.1) is 0 Å². The summed E-state index contributed by atoms with van der Waals surface area (Å²) >= 11 is 0. The summed E-state index contributed by atoms with van der Waals surface area (Å²) in [5.41, 5.74) is 11.2. The Morgan fingerprint density at radius 1 is 0.744 bits per heavy atom. The van der Waals surface area contributed by atoms with Gasteiger partial charge in [-0.15, -0.1) is 0 Å². The Kier molecular flexibility index (Phi) is 8.60. The maximum absolute atomic E-state index is 3.69. The maximum atomic E-state index is 3.69. The molecule has 4 aromatic rings. The van der Waals surface area contributed by atoms with E-state index in [4.69, 9.17) is 0 Å². The minimum Gasteiger partial charge on any atom is -0.356 e. The Bertz CT molecular complexity index is 1450. The van der Waals surface area contributed by atoms with E-state index in [2.05, 4.69) is 155 Å². The Morgan fingerprint density at radius 2 is 1.36 bits per heavy atom. The van der Waals surface area contributed by atoms with Gasteiger partial charge in [-0.05, 0) is 82.0 Å². The SMILES string of the molecule is C/C=C\C(=C/CC)C1(c2ccccc2)c2ccccc2-c2ccc(Nc3ccc(C(C)(C)C)cc3)cc21.CC. The van der Waals surface area contributed by atoms with Gasteiger partial charge in [-0.3, -0.25) is 0 Å². The minimum atomic E-state index is -0.372. The van der Waals surface area contributed by atoms with E-state index < -0.39 is 0 Å². The summed E-state index contributed by atoms with van der Waals surface area (Å²) in [5, 5.41) is 3.69. The fourth-order valence-electron chi connectivity index (χ4n) is 5.80. The largest absolute Gasteiger partial charge is 0.356 e. The van der Waals surface area contributed by atoms with Crippen LogP contribution in [0.3, 0.4) is 0 Å². The van der Waals surface area contributed by atoms with Crippen LogP contribution in [-0.2, 0) is 10.8 Å². The zero-order valence-corrected chi connectivity index (χ0v) is 24.7. The molecule has 4 aromatic carbocycles. The molecule has 5 rings (SSSR count). The number of allylic oxidation sites excluding steroid dienone is 4. The summed E-state index contributed by atoms with van der Waals surface area (Å²) in [6.45, 7) is 15.1.